The lowest BCUT2D eigenvalue weighted by molar-refractivity contribution is 0.193. The third-order valence-corrected chi connectivity index (χ3v) is 4.98. The maximum atomic E-state index is 12.8. The number of ether oxygens (including phenoxy) is 1. The van der Waals surface area contributed by atoms with E-state index in [9.17, 15) is 4.79 Å². The molecule has 1 atom stereocenters. The fourth-order valence-electron chi connectivity index (χ4n) is 3.48. The first kappa shape index (κ1) is 18.0. The topological polar surface area (TPSA) is 80.5 Å². The smallest absolute Gasteiger partial charge is 0.322 e. The van der Waals surface area contributed by atoms with Gasteiger partial charge in [-0.05, 0) is 43.5 Å². The number of aryl methyl sites for hydroxylation is 1. The van der Waals surface area contributed by atoms with Gasteiger partial charge in [-0.25, -0.2) is 4.79 Å². The van der Waals surface area contributed by atoms with Crippen LogP contribution >= 0.6 is 0 Å². The molecule has 2 aromatic carbocycles. The lowest BCUT2D eigenvalue weighted by Crippen LogP contribution is -2.34. The summed E-state index contributed by atoms with van der Waals surface area (Å²) in [5.74, 6) is 1.58. The molecule has 0 radical (unpaired) electrons. The number of likely N-dealkylation sites (tertiary alicyclic amines) is 1. The number of rotatable bonds is 4. The minimum Gasteiger partial charge on any atom is -0.496 e. The van der Waals surface area contributed by atoms with Crippen molar-refractivity contribution in [2.75, 3.05) is 19.0 Å². The van der Waals surface area contributed by atoms with E-state index in [1.165, 1.54) is 0 Å². The van der Waals surface area contributed by atoms with Crippen LogP contribution in [-0.4, -0.2) is 34.7 Å². The second-order valence-electron chi connectivity index (χ2n) is 6.75. The SMILES string of the molecule is COc1ccccc1-c1noc(C2CCCN2C(=O)Nc2ccccc2C)n1. The second-order valence-corrected chi connectivity index (χ2v) is 6.75. The van der Waals surface area contributed by atoms with Crippen LogP contribution in [0, 0.1) is 6.92 Å². The standard InChI is InChI=1S/C21H22N4O3/c1-14-8-3-5-10-16(14)22-21(26)25-13-7-11-17(25)20-23-19(24-28-20)15-9-4-6-12-18(15)27-2/h3-6,8-10,12,17H,7,11,13H2,1-2H3,(H,22,26). The highest BCUT2D eigenvalue weighted by Crippen LogP contribution is 2.34. The third-order valence-electron chi connectivity index (χ3n) is 4.98. The van der Waals surface area contributed by atoms with Crippen molar-refractivity contribution < 1.29 is 14.1 Å². The van der Waals surface area contributed by atoms with Crippen molar-refractivity contribution in [2.45, 2.75) is 25.8 Å². The summed E-state index contributed by atoms with van der Waals surface area (Å²) in [6.07, 6.45) is 1.67. The minimum atomic E-state index is -0.236. The van der Waals surface area contributed by atoms with Crippen LogP contribution in [0.5, 0.6) is 5.75 Å². The largest absolute Gasteiger partial charge is 0.496 e. The van der Waals surface area contributed by atoms with Crippen molar-refractivity contribution in [3.63, 3.8) is 0 Å². The van der Waals surface area contributed by atoms with Crippen LogP contribution in [0.3, 0.4) is 0 Å². The summed E-state index contributed by atoms with van der Waals surface area (Å²) in [4.78, 5) is 19.1. The van der Waals surface area contributed by atoms with Crippen LogP contribution in [0.4, 0.5) is 10.5 Å². The molecule has 1 saturated heterocycles. The predicted octanol–water partition coefficient (Wildman–Crippen LogP) is 4.42. The number of methoxy groups -OCH3 is 1. The van der Waals surface area contributed by atoms with Crippen LogP contribution in [0.1, 0.15) is 30.3 Å². The zero-order valence-electron chi connectivity index (χ0n) is 15.9. The Bertz CT molecular complexity index is 985. The number of hydrogen-bond donors (Lipinski definition) is 1. The van der Waals surface area contributed by atoms with Gasteiger partial charge in [-0.1, -0.05) is 35.5 Å². The summed E-state index contributed by atoms with van der Waals surface area (Å²) in [6, 6.07) is 14.8. The van der Waals surface area contributed by atoms with Crippen LogP contribution < -0.4 is 10.1 Å². The Kier molecular flexibility index (Phi) is 4.97. The van der Waals surface area contributed by atoms with Gasteiger partial charge in [-0.15, -0.1) is 0 Å². The monoisotopic (exact) mass is 378 g/mol. The van der Waals surface area contributed by atoms with Gasteiger partial charge in [0.15, 0.2) is 0 Å². The summed E-state index contributed by atoms with van der Waals surface area (Å²) in [5, 5.41) is 7.09. The van der Waals surface area contributed by atoms with Gasteiger partial charge in [-0.3, -0.25) is 0 Å². The number of nitrogens with zero attached hydrogens (tertiary/aromatic N) is 3. The van der Waals surface area contributed by atoms with Crippen molar-refractivity contribution >= 4 is 11.7 Å². The van der Waals surface area contributed by atoms with E-state index in [4.69, 9.17) is 9.26 Å². The van der Waals surface area contributed by atoms with Gasteiger partial charge in [0.25, 0.3) is 0 Å². The van der Waals surface area contributed by atoms with Gasteiger partial charge in [0.1, 0.15) is 11.8 Å². The first-order valence-electron chi connectivity index (χ1n) is 9.27. The van der Waals surface area contributed by atoms with Crippen molar-refractivity contribution in [3.8, 4) is 17.1 Å². The summed E-state index contributed by atoms with van der Waals surface area (Å²) >= 11 is 0. The van der Waals surface area contributed by atoms with Gasteiger partial charge in [0, 0.05) is 12.2 Å². The molecule has 1 aliphatic heterocycles. The molecule has 0 spiro atoms. The second kappa shape index (κ2) is 7.72. The molecule has 4 rings (SSSR count). The molecule has 2 amide bonds. The maximum absolute atomic E-state index is 12.8. The van der Waals surface area contributed by atoms with E-state index in [0.717, 1.165) is 29.7 Å². The number of aromatic nitrogens is 2. The molecule has 28 heavy (non-hydrogen) atoms. The predicted molar refractivity (Wildman–Crippen MR) is 105 cm³/mol. The molecule has 1 aromatic heterocycles. The lowest BCUT2D eigenvalue weighted by atomic mass is 10.2. The Hall–Kier alpha value is -3.35. The quantitative estimate of drug-likeness (QED) is 0.727. The number of amides is 2. The number of para-hydroxylation sites is 2. The number of nitrogens with one attached hydrogen (secondary N) is 1. The van der Waals surface area contributed by atoms with Gasteiger partial charge < -0.3 is 19.5 Å². The first-order chi connectivity index (χ1) is 13.7. The van der Waals surface area contributed by atoms with Gasteiger partial charge in [0.05, 0.1) is 12.7 Å². The highest BCUT2D eigenvalue weighted by atomic mass is 16.5. The Morgan fingerprint density at radius 1 is 1.21 bits per heavy atom. The van der Waals surface area contributed by atoms with Crippen molar-refractivity contribution in [3.05, 3.63) is 60.0 Å². The van der Waals surface area contributed by atoms with Crippen LogP contribution in [0.15, 0.2) is 53.1 Å². The fourth-order valence-corrected chi connectivity index (χ4v) is 3.48. The molecule has 7 nitrogen and oxygen atoms in total. The Labute approximate surface area is 163 Å². The average Bonchev–Trinajstić information content (AvgIpc) is 3.39. The number of carbonyl (C=O) groups is 1. The highest BCUT2D eigenvalue weighted by Gasteiger charge is 2.34. The lowest BCUT2D eigenvalue weighted by Gasteiger charge is -2.22. The van der Waals surface area contributed by atoms with Crippen LogP contribution in [0.2, 0.25) is 0 Å². The summed E-state index contributed by atoms with van der Waals surface area (Å²) < 4.78 is 10.9. The zero-order valence-corrected chi connectivity index (χ0v) is 15.9. The van der Waals surface area contributed by atoms with Gasteiger partial charge in [0.2, 0.25) is 11.7 Å². The maximum Gasteiger partial charge on any atom is 0.322 e. The number of urea groups is 1. The van der Waals surface area contributed by atoms with Gasteiger partial charge in [-0.2, -0.15) is 4.98 Å². The van der Waals surface area contributed by atoms with E-state index < -0.39 is 0 Å². The number of hydrogen-bond acceptors (Lipinski definition) is 5. The zero-order chi connectivity index (χ0) is 19.5. The number of benzene rings is 2. The minimum absolute atomic E-state index is 0.158. The molecule has 0 saturated carbocycles. The summed E-state index contributed by atoms with van der Waals surface area (Å²) in [5.41, 5.74) is 2.58. The van der Waals surface area contributed by atoms with Crippen LogP contribution in [-0.2, 0) is 0 Å². The molecule has 1 unspecified atom stereocenters. The number of anilines is 1. The fraction of sp³-hybridized carbons (Fsp3) is 0.286. The van der Waals surface area contributed by atoms with E-state index in [2.05, 4.69) is 15.5 Å². The van der Waals surface area contributed by atoms with E-state index in [-0.39, 0.29) is 12.1 Å². The van der Waals surface area contributed by atoms with E-state index >= 15 is 0 Å². The molecule has 1 aliphatic rings. The molecule has 0 bridgehead atoms. The molecule has 0 aliphatic carbocycles. The summed E-state index contributed by atoms with van der Waals surface area (Å²) in [6.45, 7) is 2.61. The molecule has 1 fully saturated rings. The van der Waals surface area contributed by atoms with Crippen LogP contribution in [0.25, 0.3) is 11.4 Å². The van der Waals surface area contributed by atoms with Crippen molar-refractivity contribution in [1.82, 2.24) is 15.0 Å². The molecule has 2 heterocycles. The number of carbonyl (C=O) groups excluding carboxylic acids is 1. The van der Waals surface area contributed by atoms with E-state index in [1.54, 1.807) is 12.0 Å². The first-order valence-corrected chi connectivity index (χ1v) is 9.27. The Morgan fingerprint density at radius 2 is 2.00 bits per heavy atom. The Morgan fingerprint density at radius 3 is 2.82 bits per heavy atom. The molecule has 144 valence electrons. The normalized spacial score (nSPS) is 16.2. The molecular formula is C21H22N4O3. The van der Waals surface area contributed by atoms with E-state index in [1.807, 2.05) is 55.5 Å². The van der Waals surface area contributed by atoms with Crippen molar-refractivity contribution in [2.24, 2.45) is 0 Å². The highest BCUT2D eigenvalue weighted by molar-refractivity contribution is 5.90. The molecule has 3 aromatic rings. The molecule has 1 N–H and O–H groups in total. The average molecular weight is 378 g/mol. The molecule has 7 heteroatoms. The molecular weight excluding hydrogens is 356 g/mol. The summed E-state index contributed by atoms with van der Waals surface area (Å²) in [7, 11) is 1.61. The third kappa shape index (κ3) is 3.43. The Balaban J connectivity index is 1.55. The van der Waals surface area contributed by atoms with Gasteiger partial charge >= 0.3 is 6.03 Å². The van der Waals surface area contributed by atoms with Crippen molar-refractivity contribution in [1.29, 1.82) is 0 Å². The van der Waals surface area contributed by atoms with E-state index in [0.29, 0.717) is 24.0 Å².